The lowest BCUT2D eigenvalue weighted by Gasteiger charge is -2.12. The standard InChI is InChI=1S/C27H28BrN3O3S/c1-2-3-16-29-25(32)20-9-12-22(13-10-20)30-27(35)31-26(33)21-11-14-24(23(28)18-21)34-17-15-19-7-5-4-6-8-19/h4-14,18H,2-3,15-17H2,1H3,(H,29,32)(H2,30,31,33,35). The van der Waals surface area contributed by atoms with Crippen molar-refractivity contribution in [3.8, 4) is 5.75 Å². The van der Waals surface area contributed by atoms with Crippen molar-refractivity contribution < 1.29 is 14.3 Å². The maximum Gasteiger partial charge on any atom is 0.257 e. The Balaban J connectivity index is 1.48. The fourth-order valence-electron chi connectivity index (χ4n) is 3.21. The molecule has 0 heterocycles. The van der Waals surface area contributed by atoms with E-state index in [1.807, 2.05) is 18.2 Å². The largest absolute Gasteiger partial charge is 0.492 e. The number of benzene rings is 3. The third-order valence-corrected chi connectivity index (χ3v) is 5.96. The van der Waals surface area contributed by atoms with Crippen LogP contribution in [0.2, 0.25) is 0 Å². The molecule has 3 aromatic rings. The van der Waals surface area contributed by atoms with Gasteiger partial charge in [0.05, 0.1) is 11.1 Å². The van der Waals surface area contributed by atoms with Gasteiger partial charge in [-0.1, -0.05) is 43.7 Å². The zero-order valence-electron chi connectivity index (χ0n) is 19.5. The summed E-state index contributed by atoms with van der Waals surface area (Å²) in [7, 11) is 0. The Bertz CT molecular complexity index is 1150. The minimum atomic E-state index is -0.342. The number of ether oxygens (including phenoxy) is 1. The maximum absolute atomic E-state index is 12.6. The van der Waals surface area contributed by atoms with Gasteiger partial charge in [0.25, 0.3) is 11.8 Å². The Kier molecular flexibility index (Phi) is 10.3. The molecule has 0 aliphatic heterocycles. The Morgan fingerprint density at radius 2 is 1.66 bits per heavy atom. The molecule has 0 saturated carbocycles. The normalized spacial score (nSPS) is 10.3. The molecule has 0 aliphatic carbocycles. The first-order valence-corrected chi connectivity index (χ1v) is 12.6. The summed E-state index contributed by atoms with van der Waals surface area (Å²) in [4.78, 5) is 24.7. The van der Waals surface area contributed by atoms with Gasteiger partial charge >= 0.3 is 0 Å². The molecule has 3 aromatic carbocycles. The van der Waals surface area contributed by atoms with Crippen LogP contribution in [0.15, 0.2) is 77.3 Å². The lowest BCUT2D eigenvalue weighted by Crippen LogP contribution is -2.34. The van der Waals surface area contributed by atoms with E-state index >= 15 is 0 Å². The van der Waals surface area contributed by atoms with Gasteiger partial charge in [-0.3, -0.25) is 14.9 Å². The molecule has 35 heavy (non-hydrogen) atoms. The van der Waals surface area contributed by atoms with Crippen LogP contribution in [0.1, 0.15) is 46.0 Å². The van der Waals surface area contributed by atoms with Gasteiger partial charge in [0, 0.05) is 29.8 Å². The number of anilines is 1. The Hall–Kier alpha value is -3.23. The molecule has 0 atom stereocenters. The van der Waals surface area contributed by atoms with Crippen molar-refractivity contribution >= 4 is 50.8 Å². The monoisotopic (exact) mass is 553 g/mol. The van der Waals surface area contributed by atoms with Crippen LogP contribution in [0.4, 0.5) is 5.69 Å². The summed E-state index contributed by atoms with van der Waals surface area (Å²) in [6, 6.07) is 22.1. The van der Waals surface area contributed by atoms with Crippen molar-refractivity contribution in [1.82, 2.24) is 10.6 Å². The van der Waals surface area contributed by atoms with E-state index in [-0.39, 0.29) is 16.9 Å². The second kappa shape index (κ2) is 13.6. The van der Waals surface area contributed by atoms with Gasteiger partial charge in [0.1, 0.15) is 5.75 Å². The van der Waals surface area contributed by atoms with E-state index in [4.69, 9.17) is 17.0 Å². The van der Waals surface area contributed by atoms with Crippen LogP contribution in [0.25, 0.3) is 0 Å². The summed E-state index contributed by atoms with van der Waals surface area (Å²) >= 11 is 8.74. The molecular weight excluding hydrogens is 526 g/mol. The van der Waals surface area contributed by atoms with Gasteiger partial charge < -0.3 is 15.4 Å². The molecule has 0 unspecified atom stereocenters. The Morgan fingerprint density at radius 3 is 2.34 bits per heavy atom. The van der Waals surface area contributed by atoms with Crippen LogP contribution in [0.3, 0.4) is 0 Å². The van der Waals surface area contributed by atoms with Crippen molar-refractivity contribution in [3.63, 3.8) is 0 Å². The molecule has 8 heteroatoms. The number of unbranched alkanes of at least 4 members (excludes halogenated alkanes) is 1. The SMILES string of the molecule is CCCCNC(=O)c1ccc(NC(=S)NC(=O)c2ccc(OCCc3ccccc3)c(Br)c2)cc1. The Morgan fingerprint density at radius 1 is 0.943 bits per heavy atom. The summed E-state index contributed by atoms with van der Waals surface area (Å²) in [5.41, 5.74) is 2.88. The highest BCUT2D eigenvalue weighted by molar-refractivity contribution is 9.10. The average Bonchev–Trinajstić information content (AvgIpc) is 2.86. The van der Waals surface area contributed by atoms with E-state index in [1.54, 1.807) is 42.5 Å². The van der Waals surface area contributed by atoms with Crippen molar-refractivity contribution in [2.24, 2.45) is 0 Å². The molecule has 3 rings (SSSR count). The van der Waals surface area contributed by atoms with Crippen LogP contribution in [-0.4, -0.2) is 30.1 Å². The molecule has 0 saturated heterocycles. The second-order valence-corrected chi connectivity index (χ2v) is 9.09. The number of hydrogen-bond acceptors (Lipinski definition) is 4. The highest BCUT2D eigenvalue weighted by atomic mass is 79.9. The van der Waals surface area contributed by atoms with Gasteiger partial charge in [-0.15, -0.1) is 0 Å². The summed E-state index contributed by atoms with van der Waals surface area (Å²) in [6.45, 7) is 3.26. The number of carbonyl (C=O) groups is 2. The minimum Gasteiger partial charge on any atom is -0.492 e. The van der Waals surface area contributed by atoms with E-state index in [0.717, 1.165) is 19.3 Å². The molecule has 0 spiro atoms. The van der Waals surface area contributed by atoms with Crippen LogP contribution < -0.4 is 20.7 Å². The zero-order valence-corrected chi connectivity index (χ0v) is 21.9. The number of amides is 2. The number of hydrogen-bond donors (Lipinski definition) is 3. The van der Waals surface area contributed by atoms with Gasteiger partial charge in [0.15, 0.2) is 5.11 Å². The number of thiocarbonyl (C=S) groups is 1. The summed E-state index contributed by atoms with van der Waals surface area (Å²) in [5, 5.41) is 8.67. The highest BCUT2D eigenvalue weighted by Crippen LogP contribution is 2.26. The van der Waals surface area contributed by atoms with E-state index in [2.05, 4.69) is 50.9 Å². The molecule has 182 valence electrons. The van der Waals surface area contributed by atoms with Gasteiger partial charge in [0.2, 0.25) is 0 Å². The quantitative estimate of drug-likeness (QED) is 0.221. The van der Waals surface area contributed by atoms with E-state index in [0.29, 0.717) is 40.2 Å². The first kappa shape index (κ1) is 26.4. The smallest absolute Gasteiger partial charge is 0.257 e. The highest BCUT2D eigenvalue weighted by Gasteiger charge is 2.12. The van der Waals surface area contributed by atoms with Crippen molar-refractivity contribution in [2.45, 2.75) is 26.2 Å². The minimum absolute atomic E-state index is 0.112. The second-order valence-electron chi connectivity index (χ2n) is 7.82. The number of halogens is 1. The number of rotatable bonds is 10. The molecule has 0 bridgehead atoms. The molecule has 3 N–H and O–H groups in total. The fourth-order valence-corrected chi connectivity index (χ4v) is 3.91. The first-order valence-electron chi connectivity index (χ1n) is 11.4. The molecule has 0 fully saturated rings. The van der Waals surface area contributed by atoms with Crippen molar-refractivity contribution in [2.75, 3.05) is 18.5 Å². The zero-order chi connectivity index (χ0) is 25.0. The van der Waals surface area contributed by atoms with Crippen LogP contribution in [-0.2, 0) is 6.42 Å². The van der Waals surface area contributed by atoms with Crippen LogP contribution in [0, 0.1) is 0 Å². The van der Waals surface area contributed by atoms with E-state index < -0.39 is 0 Å². The third-order valence-electron chi connectivity index (χ3n) is 5.13. The molecule has 2 amide bonds. The molecule has 6 nitrogen and oxygen atoms in total. The van der Waals surface area contributed by atoms with Crippen LogP contribution in [0.5, 0.6) is 5.75 Å². The Labute approximate surface area is 219 Å². The molecule has 0 aromatic heterocycles. The van der Waals surface area contributed by atoms with E-state index in [9.17, 15) is 9.59 Å². The van der Waals surface area contributed by atoms with Gasteiger partial charge in [-0.05, 0) is 82.6 Å². The average molecular weight is 555 g/mol. The van der Waals surface area contributed by atoms with Gasteiger partial charge in [-0.25, -0.2) is 0 Å². The maximum atomic E-state index is 12.6. The number of carbonyl (C=O) groups excluding carboxylic acids is 2. The summed E-state index contributed by atoms with van der Waals surface area (Å²) < 4.78 is 6.53. The molecule has 0 aliphatic rings. The topological polar surface area (TPSA) is 79.5 Å². The van der Waals surface area contributed by atoms with Crippen molar-refractivity contribution in [1.29, 1.82) is 0 Å². The first-order chi connectivity index (χ1) is 17.0. The van der Waals surface area contributed by atoms with E-state index in [1.165, 1.54) is 5.56 Å². The fraction of sp³-hybridized carbons (Fsp3) is 0.222. The van der Waals surface area contributed by atoms with Crippen LogP contribution >= 0.6 is 28.1 Å². The predicted molar refractivity (Wildman–Crippen MR) is 147 cm³/mol. The number of nitrogens with one attached hydrogen (secondary N) is 3. The lowest BCUT2D eigenvalue weighted by molar-refractivity contribution is 0.0950. The third kappa shape index (κ3) is 8.49. The molecule has 0 radical (unpaired) electrons. The van der Waals surface area contributed by atoms with Gasteiger partial charge in [-0.2, -0.15) is 0 Å². The predicted octanol–water partition coefficient (Wildman–Crippen LogP) is 5.73. The lowest BCUT2D eigenvalue weighted by atomic mass is 10.2. The van der Waals surface area contributed by atoms with Crippen molar-refractivity contribution in [3.05, 3.63) is 94.0 Å². The molecular formula is C27H28BrN3O3S. The summed E-state index contributed by atoms with van der Waals surface area (Å²) in [6.07, 6.45) is 2.76. The summed E-state index contributed by atoms with van der Waals surface area (Å²) in [5.74, 6) is 0.210.